The fraction of sp³-hybridized carbons (Fsp3) is 0.372. The molecule has 2 atom stereocenters. The van der Waals surface area contributed by atoms with E-state index in [0.29, 0.717) is 0 Å². The third kappa shape index (κ3) is 9.18. The summed E-state index contributed by atoms with van der Waals surface area (Å²) in [6.45, 7) is 39.5. The lowest BCUT2D eigenvalue weighted by atomic mass is 9.33. The number of hydrogen-bond acceptors (Lipinski definition) is 4. The Kier molecular flexibility index (Phi) is 13.3. The fourth-order valence-corrected chi connectivity index (χ4v) is 17.8. The summed E-state index contributed by atoms with van der Waals surface area (Å²) in [6, 6.07) is 74.3. The van der Waals surface area contributed by atoms with E-state index in [1.165, 1.54) is 137 Å². The lowest BCUT2D eigenvalue weighted by Crippen LogP contribution is -2.62. The van der Waals surface area contributed by atoms with Gasteiger partial charge in [0.05, 0.1) is 11.2 Å². The van der Waals surface area contributed by atoms with Crippen molar-refractivity contribution in [2.45, 2.75) is 206 Å². The van der Waals surface area contributed by atoms with Crippen molar-refractivity contribution in [3.63, 3.8) is 0 Å². The standard InChI is InChI=1S/C86H95BN4/c1-79(2,3)57-34-39-72(64(48-57)56-28-20-17-21-29-56)90-74-40-35-58(80(4,5)6)49-70(74)87-71-54-67-68(84(13,14)47-46-83(67,11)12)55-75(71)89(62-36-38-65-66(50-62)82(9,10)45-44-81(65,7)8)76-52-63(53-77(90)78(76)87)91-73-41-37-61(51-69(73)85(15)42-26-27-43-86(85,91)16)88(59-30-22-18-23-31-59)60-32-24-19-25-33-60/h17-25,28-41,48-55H,26-27,42-47H2,1-16H3. The second-order valence-electron chi connectivity index (χ2n) is 33.5. The first-order valence-corrected chi connectivity index (χ1v) is 34.4. The third-order valence-electron chi connectivity index (χ3n) is 23.8. The second-order valence-corrected chi connectivity index (χ2v) is 33.5. The second kappa shape index (κ2) is 20.4. The number of para-hydroxylation sites is 2. The Labute approximate surface area is 545 Å². The highest BCUT2D eigenvalue weighted by molar-refractivity contribution is 7.00. The van der Waals surface area contributed by atoms with Gasteiger partial charge in [0.2, 0.25) is 0 Å². The molecule has 15 rings (SSSR count). The number of benzene rings is 9. The first-order valence-electron chi connectivity index (χ1n) is 34.4. The summed E-state index contributed by atoms with van der Waals surface area (Å²) in [5.74, 6) is 0. The number of nitrogens with zero attached hydrogens (tertiary/aromatic N) is 4. The van der Waals surface area contributed by atoms with Crippen molar-refractivity contribution in [3.8, 4) is 11.1 Å². The third-order valence-corrected chi connectivity index (χ3v) is 23.8. The van der Waals surface area contributed by atoms with E-state index in [9.17, 15) is 0 Å². The monoisotopic (exact) mass is 1190 g/mol. The predicted octanol–water partition coefficient (Wildman–Crippen LogP) is 21.9. The molecule has 0 aromatic heterocycles. The summed E-state index contributed by atoms with van der Waals surface area (Å²) < 4.78 is 0. The predicted molar refractivity (Wildman–Crippen MR) is 391 cm³/mol. The SMILES string of the molecule is CC(C)(C)c1ccc2c(c1)B1c3cc4c(cc3N(c3ccc5c(c3)C(C)(C)CCC5(C)C)c3cc(N5c6ccc(N(c7ccccc7)c7ccccc7)cc6C6(C)CCCCC56C)cc(c31)N2c1ccc(C(C)(C)C)cc1-c1ccccc1)C(C)(C)CCC4(C)C. The topological polar surface area (TPSA) is 13.0 Å². The molecule has 3 heterocycles. The van der Waals surface area contributed by atoms with Gasteiger partial charge >= 0.3 is 0 Å². The van der Waals surface area contributed by atoms with Crippen LogP contribution < -0.4 is 36.0 Å². The van der Waals surface area contributed by atoms with Gasteiger partial charge in [-0.15, -0.1) is 0 Å². The van der Waals surface area contributed by atoms with Crippen molar-refractivity contribution in [1.29, 1.82) is 0 Å². The van der Waals surface area contributed by atoms with Gasteiger partial charge in [0.25, 0.3) is 6.71 Å². The molecule has 4 nitrogen and oxygen atoms in total. The van der Waals surface area contributed by atoms with Crippen molar-refractivity contribution in [2.24, 2.45) is 0 Å². The van der Waals surface area contributed by atoms with Crippen LogP contribution in [-0.2, 0) is 37.9 Å². The Bertz CT molecular complexity index is 4350. The zero-order chi connectivity index (χ0) is 63.7. The van der Waals surface area contributed by atoms with E-state index in [-0.39, 0.29) is 50.2 Å². The summed E-state index contributed by atoms with van der Waals surface area (Å²) in [4.78, 5) is 10.9. The Morgan fingerprint density at radius 2 is 0.868 bits per heavy atom. The van der Waals surface area contributed by atoms with Gasteiger partial charge in [0.1, 0.15) is 0 Å². The van der Waals surface area contributed by atoms with Crippen LogP contribution in [0.3, 0.4) is 0 Å². The molecule has 6 aliphatic rings. The van der Waals surface area contributed by atoms with Crippen LogP contribution in [-0.4, -0.2) is 12.3 Å². The van der Waals surface area contributed by atoms with Crippen LogP contribution >= 0.6 is 0 Å². The van der Waals surface area contributed by atoms with Crippen LogP contribution in [0.1, 0.15) is 201 Å². The minimum Gasteiger partial charge on any atom is -0.334 e. The highest BCUT2D eigenvalue weighted by Crippen LogP contribution is 2.63. The van der Waals surface area contributed by atoms with Crippen LogP contribution in [0.5, 0.6) is 0 Å². The summed E-state index contributed by atoms with van der Waals surface area (Å²) in [5, 5.41) is 0. The molecule has 3 aliphatic heterocycles. The fourth-order valence-electron chi connectivity index (χ4n) is 17.8. The summed E-state index contributed by atoms with van der Waals surface area (Å²) in [7, 11) is 0. The molecule has 91 heavy (non-hydrogen) atoms. The first kappa shape index (κ1) is 59.5. The zero-order valence-corrected chi connectivity index (χ0v) is 57.4. The quantitative estimate of drug-likeness (QED) is 0.147. The van der Waals surface area contributed by atoms with E-state index in [1.807, 2.05) is 0 Å². The van der Waals surface area contributed by atoms with Gasteiger partial charge in [-0.05, 0) is 230 Å². The molecule has 0 bridgehead atoms. The molecular formula is C86H95BN4. The number of hydrogen-bond donors (Lipinski definition) is 0. The lowest BCUT2D eigenvalue weighted by molar-refractivity contribution is 0.195. The molecule has 5 heteroatoms. The molecule has 0 radical (unpaired) electrons. The smallest absolute Gasteiger partial charge is 0.252 e. The molecule has 0 spiro atoms. The van der Waals surface area contributed by atoms with E-state index in [1.54, 1.807) is 0 Å². The van der Waals surface area contributed by atoms with Crippen molar-refractivity contribution < 1.29 is 0 Å². The first-order chi connectivity index (χ1) is 43.1. The minimum atomic E-state index is -0.257. The number of fused-ring (bicyclic) bond motifs is 9. The van der Waals surface area contributed by atoms with E-state index in [4.69, 9.17) is 0 Å². The Morgan fingerprint density at radius 3 is 1.47 bits per heavy atom. The average Bonchev–Trinajstić information content (AvgIpc) is 1.65. The number of rotatable bonds is 7. The van der Waals surface area contributed by atoms with Gasteiger partial charge in [-0.25, -0.2) is 0 Å². The summed E-state index contributed by atoms with van der Waals surface area (Å²) in [5.41, 5.74) is 29.9. The van der Waals surface area contributed by atoms with Gasteiger partial charge in [0, 0.05) is 67.9 Å². The molecule has 0 saturated heterocycles. The highest BCUT2D eigenvalue weighted by atomic mass is 15.3. The maximum atomic E-state index is 2.87. The molecule has 462 valence electrons. The van der Waals surface area contributed by atoms with Crippen LogP contribution in [0.2, 0.25) is 0 Å². The summed E-state index contributed by atoms with van der Waals surface area (Å²) >= 11 is 0. The molecule has 0 amide bonds. The van der Waals surface area contributed by atoms with E-state index < -0.39 is 0 Å². The van der Waals surface area contributed by atoms with Gasteiger partial charge in [-0.2, -0.15) is 0 Å². The van der Waals surface area contributed by atoms with Crippen molar-refractivity contribution >= 4 is 85.7 Å². The molecule has 3 aliphatic carbocycles. The minimum absolute atomic E-state index is 0.000394. The van der Waals surface area contributed by atoms with Crippen molar-refractivity contribution in [2.75, 3.05) is 19.6 Å². The Morgan fingerprint density at radius 1 is 0.363 bits per heavy atom. The number of anilines is 11. The average molecular weight is 1200 g/mol. The largest absolute Gasteiger partial charge is 0.334 e. The molecule has 2 unspecified atom stereocenters. The van der Waals surface area contributed by atoms with Crippen molar-refractivity contribution in [3.05, 3.63) is 227 Å². The Balaban J connectivity index is 1.08. The van der Waals surface area contributed by atoms with Gasteiger partial charge < -0.3 is 19.6 Å². The van der Waals surface area contributed by atoms with Crippen LogP contribution in [0.15, 0.2) is 188 Å². The normalized spacial score (nSPS) is 21.2. The lowest BCUT2D eigenvalue weighted by Gasteiger charge is -2.51. The van der Waals surface area contributed by atoms with E-state index in [2.05, 4.69) is 318 Å². The molecular weight excluding hydrogens is 1100 g/mol. The molecule has 1 saturated carbocycles. The Hall–Kier alpha value is -7.76. The van der Waals surface area contributed by atoms with E-state index in [0.717, 1.165) is 43.5 Å². The highest BCUT2D eigenvalue weighted by Gasteiger charge is 2.59. The van der Waals surface area contributed by atoms with Crippen molar-refractivity contribution in [1.82, 2.24) is 0 Å². The van der Waals surface area contributed by atoms with E-state index >= 15 is 0 Å². The van der Waals surface area contributed by atoms with Gasteiger partial charge in [-0.3, -0.25) is 0 Å². The van der Waals surface area contributed by atoms with Crippen LogP contribution in [0.4, 0.5) is 62.6 Å². The van der Waals surface area contributed by atoms with Crippen LogP contribution in [0, 0.1) is 0 Å². The van der Waals surface area contributed by atoms with Gasteiger partial charge in [-0.1, -0.05) is 214 Å². The molecule has 1 fully saturated rings. The molecule has 9 aromatic rings. The maximum absolute atomic E-state index is 2.87. The maximum Gasteiger partial charge on any atom is 0.252 e. The molecule has 0 N–H and O–H groups in total. The zero-order valence-electron chi connectivity index (χ0n) is 57.4. The van der Waals surface area contributed by atoms with Gasteiger partial charge in [0.15, 0.2) is 0 Å². The van der Waals surface area contributed by atoms with Crippen LogP contribution in [0.25, 0.3) is 11.1 Å². The molecule has 9 aromatic carbocycles. The summed E-state index contributed by atoms with van der Waals surface area (Å²) in [6.07, 6.45) is 9.19.